The molecular formula is C15H10Cl4FN3O3. The van der Waals surface area contributed by atoms with Crippen LogP contribution >= 0.6 is 46.4 Å². The first-order valence-electron chi connectivity index (χ1n) is 6.88. The summed E-state index contributed by atoms with van der Waals surface area (Å²) >= 11 is 23.0. The summed E-state index contributed by atoms with van der Waals surface area (Å²) in [6.45, 7) is 1.27. The van der Waals surface area contributed by atoms with Crippen molar-refractivity contribution in [2.24, 2.45) is 0 Å². The molecule has 1 atom stereocenters. The average molecular weight is 441 g/mol. The molecule has 1 unspecified atom stereocenters. The van der Waals surface area contributed by atoms with E-state index in [0.29, 0.717) is 0 Å². The second kappa shape index (κ2) is 8.26. The highest BCUT2D eigenvalue weighted by Gasteiger charge is 2.25. The number of nitrogens with zero attached hydrogens (tertiary/aromatic N) is 1. The Hall–Kier alpha value is -1.80. The van der Waals surface area contributed by atoms with Crippen molar-refractivity contribution < 1.29 is 18.7 Å². The SMILES string of the molecule is CC(OC(=O)c1nc(Cl)c(Cl)c(N)c1Cl)C(=O)Nc1ccc(Cl)cc1F. The van der Waals surface area contributed by atoms with E-state index in [4.69, 9.17) is 56.9 Å². The molecule has 0 aliphatic heterocycles. The molecule has 0 spiro atoms. The number of benzene rings is 1. The highest BCUT2D eigenvalue weighted by atomic mass is 35.5. The van der Waals surface area contributed by atoms with Crippen LogP contribution in [0.1, 0.15) is 17.4 Å². The highest BCUT2D eigenvalue weighted by molar-refractivity contribution is 6.46. The predicted molar refractivity (Wildman–Crippen MR) is 98.6 cm³/mol. The Bertz CT molecular complexity index is 895. The zero-order valence-corrected chi connectivity index (χ0v) is 16.0. The highest BCUT2D eigenvalue weighted by Crippen LogP contribution is 2.34. The van der Waals surface area contributed by atoms with Crippen LogP contribution in [0.15, 0.2) is 18.2 Å². The molecule has 1 aromatic carbocycles. The fourth-order valence-electron chi connectivity index (χ4n) is 1.76. The normalized spacial score (nSPS) is 11.8. The first-order valence-corrected chi connectivity index (χ1v) is 8.39. The maximum Gasteiger partial charge on any atom is 0.359 e. The summed E-state index contributed by atoms with van der Waals surface area (Å²) in [4.78, 5) is 27.9. The van der Waals surface area contributed by atoms with Gasteiger partial charge in [-0.2, -0.15) is 0 Å². The van der Waals surface area contributed by atoms with Crippen molar-refractivity contribution in [2.45, 2.75) is 13.0 Å². The van der Waals surface area contributed by atoms with Gasteiger partial charge in [-0.3, -0.25) is 4.79 Å². The van der Waals surface area contributed by atoms with E-state index in [1.54, 1.807) is 0 Å². The van der Waals surface area contributed by atoms with Crippen LogP contribution in [0.2, 0.25) is 20.2 Å². The van der Waals surface area contributed by atoms with Crippen LogP contribution in [-0.4, -0.2) is 23.0 Å². The molecule has 0 bridgehead atoms. The monoisotopic (exact) mass is 439 g/mol. The van der Waals surface area contributed by atoms with E-state index >= 15 is 0 Å². The van der Waals surface area contributed by atoms with Gasteiger partial charge in [-0.05, 0) is 25.1 Å². The summed E-state index contributed by atoms with van der Waals surface area (Å²) in [6.07, 6.45) is -1.30. The third-order valence-electron chi connectivity index (χ3n) is 3.11. The van der Waals surface area contributed by atoms with Gasteiger partial charge >= 0.3 is 5.97 Å². The van der Waals surface area contributed by atoms with E-state index in [1.165, 1.54) is 19.1 Å². The number of pyridine rings is 1. The number of carbonyl (C=O) groups is 2. The van der Waals surface area contributed by atoms with E-state index in [0.717, 1.165) is 6.07 Å². The maximum absolute atomic E-state index is 13.7. The lowest BCUT2D eigenvalue weighted by molar-refractivity contribution is -0.123. The molecular weight excluding hydrogens is 431 g/mol. The van der Waals surface area contributed by atoms with E-state index in [9.17, 15) is 14.0 Å². The van der Waals surface area contributed by atoms with Crippen molar-refractivity contribution in [3.8, 4) is 0 Å². The Morgan fingerprint density at radius 3 is 2.50 bits per heavy atom. The van der Waals surface area contributed by atoms with Gasteiger partial charge in [0, 0.05) is 5.02 Å². The lowest BCUT2D eigenvalue weighted by Gasteiger charge is -2.15. The van der Waals surface area contributed by atoms with Crippen LogP contribution in [0.25, 0.3) is 0 Å². The van der Waals surface area contributed by atoms with Crippen LogP contribution in [0.4, 0.5) is 15.8 Å². The van der Waals surface area contributed by atoms with Crippen molar-refractivity contribution in [1.82, 2.24) is 4.98 Å². The minimum Gasteiger partial charge on any atom is -0.448 e. The van der Waals surface area contributed by atoms with Crippen molar-refractivity contribution in [3.05, 3.63) is 49.9 Å². The molecule has 11 heteroatoms. The van der Waals surface area contributed by atoms with Gasteiger partial charge in [0.25, 0.3) is 5.91 Å². The molecule has 0 radical (unpaired) electrons. The molecule has 3 N–H and O–H groups in total. The molecule has 2 aromatic rings. The fourth-order valence-corrected chi connectivity index (χ4v) is 2.51. The first-order chi connectivity index (χ1) is 12.1. The van der Waals surface area contributed by atoms with Gasteiger partial charge in [0.2, 0.25) is 0 Å². The third kappa shape index (κ3) is 4.48. The number of anilines is 2. The Kier molecular flexibility index (Phi) is 6.52. The zero-order valence-electron chi connectivity index (χ0n) is 12.9. The predicted octanol–water partition coefficient (Wildman–Crippen LogP) is 4.60. The van der Waals surface area contributed by atoms with Gasteiger partial charge in [-0.25, -0.2) is 14.2 Å². The van der Waals surface area contributed by atoms with Crippen molar-refractivity contribution in [3.63, 3.8) is 0 Å². The van der Waals surface area contributed by atoms with Gasteiger partial charge in [0.05, 0.1) is 16.4 Å². The second-order valence-electron chi connectivity index (χ2n) is 4.95. The summed E-state index contributed by atoms with van der Waals surface area (Å²) in [7, 11) is 0. The quantitative estimate of drug-likeness (QED) is 0.535. The van der Waals surface area contributed by atoms with Crippen molar-refractivity contribution >= 4 is 69.7 Å². The van der Waals surface area contributed by atoms with Crippen LogP contribution in [0.5, 0.6) is 0 Å². The van der Waals surface area contributed by atoms with Crippen LogP contribution in [-0.2, 0) is 9.53 Å². The largest absolute Gasteiger partial charge is 0.448 e. The van der Waals surface area contributed by atoms with Gasteiger partial charge < -0.3 is 15.8 Å². The smallest absolute Gasteiger partial charge is 0.359 e. The standard InChI is InChI=1S/C15H10Cl4FN3O3/c1-5(14(24)22-8-3-2-6(16)4-7(8)20)26-15(25)12-9(17)11(21)10(18)13(19)23-12/h2-5H,1H3,(H2,21,23)(H,22,24). The van der Waals surface area contributed by atoms with Crippen molar-refractivity contribution in [1.29, 1.82) is 0 Å². The molecule has 0 saturated heterocycles. The number of nitrogens with two attached hydrogens (primary N) is 1. The number of ether oxygens (including phenoxy) is 1. The zero-order chi connectivity index (χ0) is 19.6. The van der Waals surface area contributed by atoms with Crippen LogP contribution < -0.4 is 11.1 Å². The Labute approximate surface area is 167 Å². The molecule has 0 fully saturated rings. The average Bonchev–Trinajstić information content (AvgIpc) is 2.58. The molecule has 138 valence electrons. The van der Waals surface area contributed by atoms with Gasteiger partial charge in [0.15, 0.2) is 17.0 Å². The number of hydrogen-bond donors (Lipinski definition) is 2. The number of halogens is 5. The van der Waals surface area contributed by atoms with E-state index < -0.39 is 29.5 Å². The molecule has 0 aliphatic rings. The number of aromatic nitrogens is 1. The first kappa shape index (κ1) is 20.5. The molecule has 26 heavy (non-hydrogen) atoms. The van der Waals surface area contributed by atoms with Gasteiger partial charge in [-0.1, -0.05) is 46.4 Å². The number of rotatable bonds is 4. The molecule has 0 saturated carbocycles. The lowest BCUT2D eigenvalue weighted by atomic mass is 10.2. The van der Waals surface area contributed by atoms with E-state index in [1.807, 2.05) is 0 Å². The number of hydrogen-bond acceptors (Lipinski definition) is 5. The van der Waals surface area contributed by atoms with E-state index in [2.05, 4.69) is 10.3 Å². The summed E-state index contributed by atoms with van der Waals surface area (Å²) in [5, 5.41) is 1.80. The summed E-state index contributed by atoms with van der Waals surface area (Å²) in [5.41, 5.74) is 4.93. The third-order valence-corrected chi connectivity index (χ3v) is 4.48. The Balaban J connectivity index is 2.13. The molecule has 0 aliphatic carbocycles. The molecule has 2 rings (SSSR count). The van der Waals surface area contributed by atoms with E-state index in [-0.39, 0.29) is 31.6 Å². The summed E-state index contributed by atoms with van der Waals surface area (Å²) < 4.78 is 18.7. The van der Waals surface area contributed by atoms with Gasteiger partial charge in [-0.15, -0.1) is 0 Å². The lowest BCUT2D eigenvalue weighted by Crippen LogP contribution is -2.30. The van der Waals surface area contributed by atoms with Crippen molar-refractivity contribution in [2.75, 3.05) is 11.1 Å². The Morgan fingerprint density at radius 1 is 1.23 bits per heavy atom. The number of nitrogens with one attached hydrogen (secondary N) is 1. The maximum atomic E-state index is 13.7. The van der Waals surface area contributed by atoms with Gasteiger partial charge in [0.1, 0.15) is 10.8 Å². The Morgan fingerprint density at radius 2 is 1.88 bits per heavy atom. The molecule has 6 nitrogen and oxygen atoms in total. The number of amides is 1. The number of carbonyl (C=O) groups excluding carboxylic acids is 2. The number of nitrogen functional groups attached to an aromatic ring is 1. The van der Waals surface area contributed by atoms with Crippen LogP contribution in [0, 0.1) is 5.82 Å². The summed E-state index contributed by atoms with van der Waals surface area (Å²) in [5.74, 6) is -2.59. The minimum absolute atomic E-state index is 0.114. The topological polar surface area (TPSA) is 94.3 Å². The fraction of sp³-hybridized carbons (Fsp3) is 0.133. The second-order valence-corrected chi connectivity index (χ2v) is 6.50. The number of esters is 1. The molecule has 1 amide bonds. The molecule has 1 heterocycles. The molecule has 1 aromatic heterocycles. The van der Waals surface area contributed by atoms with Crippen LogP contribution in [0.3, 0.4) is 0 Å². The minimum atomic E-state index is -1.30. The summed E-state index contributed by atoms with van der Waals surface area (Å²) in [6, 6.07) is 3.68.